The number of benzene rings is 1. The van der Waals surface area contributed by atoms with Gasteiger partial charge in [-0.3, -0.25) is 9.69 Å². The van der Waals surface area contributed by atoms with E-state index in [9.17, 15) is 9.59 Å². The summed E-state index contributed by atoms with van der Waals surface area (Å²) in [7, 11) is 1.30. The summed E-state index contributed by atoms with van der Waals surface area (Å²) in [5.74, 6) is 0.00676. The van der Waals surface area contributed by atoms with Gasteiger partial charge in [-0.05, 0) is 43.8 Å². The first-order chi connectivity index (χ1) is 11.9. The SMILES string of the molecule is COC(=O)c1cc(/C=C2/NC(=S)N(c3ccccc3C)C2=O)oc1C. The van der Waals surface area contributed by atoms with Crippen molar-refractivity contribution in [2.75, 3.05) is 12.0 Å². The maximum Gasteiger partial charge on any atom is 0.341 e. The zero-order valence-corrected chi connectivity index (χ0v) is 14.8. The van der Waals surface area contributed by atoms with Crippen molar-refractivity contribution >= 4 is 41.0 Å². The number of methoxy groups -OCH3 is 1. The van der Waals surface area contributed by atoms with E-state index in [0.29, 0.717) is 22.2 Å². The smallest absolute Gasteiger partial charge is 0.341 e. The lowest BCUT2D eigenvalue weighted by Crippen LogP contribution is -2.30. The molecule has 0 bridgehead atoms. The monoisotopic (exact) mass is 356 g/mol. The second kappa shape index (κ2) is 6.52. The molecule has 1 aliphatic rings. The van der Waals surface area contributed by atoms with Crippen LogP contribution in [0, 0.1) is 13.8 Å². The topological polar surface area (TPSA) is 71.8 Å². The average molecular weight is 356 g/mol. The molecule has 0 spiro atoms. The van der Waals surface area contributed by atoms with Crippen LogP contribution in [0.2, 0.25) is 0 Å². The van der Waals surface area contributed by atoms with Crippen LogP contribution in [-0.4, -0.2) is 24.1 Å². The maximum atomic E-state index is 12.7. The Bertz CT molecular complexity index is 914. The van der Waals surface area contributed by atoms with E-state index in [1.807, 2.05) is 31.2 Å². The minimum Gasteiger partial charge on any atom is -0.465 e. The van der Waals surface area contributed by atoms with Gasteiger partial charge in [0, 0.05) is 6.08 Å². The van der Waals surface area contributed by atoms with Gasteiger partial charge in [0.2, 0.25) is 0 Å². The highest BCUT2D eigenvalue weighted by Crippen LogP contribution is 2.26. The molecule has 1 N–H and O–H groups in total. The third kappa shape index (κ3) is 3.06. The van der Waals surface area contributed by atoms with E-state index in [-0.39, 0.29) is 11.6 Å². The van der Waals surface area contributed by atoms with Crippen molar-refractivity contribution in [3.63, 3.8) is 0 Å². The summed E-state index contributed by atoms with van der Waals surface area (Å²) >= 11 is 5.29. The zero-order chi connectivity index (χ0) is 18.1. The van der Waals surface area contributed by atoms with Crippen molar-refractivity contribution < 1.29 is 18.7 Å². The first-order valence-corrected chi connectivity index (χ1v) is 7.94. The molecular formula is C18H16N2O4S. The van der Waals surface area contributed by atoms with Crippen LogP contribution in [0.25, 0.3) is 6.08 Å². The highest BCUT2D eigenvalue weighted by atomic mass is 32.1. The highest BCUT2D eigenvalue weighted by Gasteiger charge is 2.33. The van der Waals surface area contributed by atoms with E-state index in [2.05, 4.69) is 5.32 Å². The standard InChI is InChI=1S/C18H16N2O4S/c1-10-6-4-5-7-15(10)20-16(21)14(19-18(20)25)9-12-8-13(11(2)24-12)17(22)23-3/h4-9H,1-3H3,(H,19,25)/b14-9+. The fourth-order valence-corrected chi connectivity index (χ4v) is 2.89. The minimum absolute atomic E-state index is 0.276. The fourth-order valence-electron chi connectivity index (χ4n) is 2.60. The van der Waals surface area contributed by atoms with Gasteiger partial charge in [0.15, 0.2) is 5.11 Å². The van der Waals surface area contributed by atoms with E-state index >= 15 is 0 Å². The van der Waals surface area contributed by atoms with Gasteiger partial charge in [0.25, 0.3) is 5.91 Å². The lowest BCUT2D eigenvalue weighted by molar-refractivity contribution is -0.113. The fraction of sp³-hybridized carbons (Fsp3) is 0.167. The number of amides is 1. The molecule has 1 aromatic carbocycles. The predicted molar refractivity (Wildman–Crippen MR) is 97.2 cm³/mol. The van der Waals surface area contributed by atoms with Crippen LogP contribution >= 0.6 is 12.2 Å². The average Bonchev–Trinajstić information content (AvgIpc) is 3.08. The number of rotatable bonds is 3. The van der Waals surface area contributed by atoms with Crippen LogP contribution in [-0.2, 0) is 9.53 Å². The first kappa shape index (κ1) is 16.9. The Morgan fingerprint density at radius 1 is 1.32 bits per heavy atom. The molecule has 7 heteroatoms. The Labute approximate surface area is 150 Å². The van der Waals surface area contributed by atoms with Gasteiger partial charge in [-0.25, -0.2) is 4.79 Å². The molecule has 3 rings (SSSR count). The van der Waals surface area contributed by atoms with Gasteiger partial charge < -0.3 is 14.5 Å². The van der Waals surface area contributed by atoms with Gasteiger partial charge in [-0.1, -0.05) is 18.2 Å². The maximum absolute atomic E-state index is 12.7. The number of thiocarbonyl (C=S) groups is 1. The summed E-state index contributed by atoms with van der Waals surface area (Å²) in [6, 6.07) is 9.01. The van der Waals surface area contributed by atoms with Crippen LogP contribution in [0.15, 0.2) is 40.4 Å². The third-order valence-electron chi connectivity index (χ3n) is 3.86. The van der Waals surface area contributed by atoms with Gasteiger partial charge in [-0.15, -0.1) is 0 Å². The minimum atomic E-state index is -0.492. The Morgan fingerprint density at radius 2 is 2.04 bits per heavy atom. The summed E-state index contributed by atoms with van der Waals surface area (Å²) in [4.78, 5) is 25.8. The number of para-hydroxylation sites is 1. The molecule has 1 amide bonds. The lowest BCUT2D eigenvalue weighted by Gasteiger charge is -2.16. The quantitative estimate of drug-likeness (QED) is 0.518. The van der Waals surface area contributed by atoms with E-state index < -0.39 is 5.97 Å². The predicted octanol–water partition coefficient (Wildman–Crippen LogP) is 2.95. The Morgan fingerprint density at radius 3 is 2.72 bits per heavy atom. The number of ether oxygens (including phenoxy) is 1. The van der Waals surface area contributed by atoms with Gasteiger partial charge in [-0.2, -0.15) is 0 Å². The lowest BCUT2D eigenvalue weighted by atomic mass is 10.2. The van der Waals surface area contributed by atoms with E-state index in [4.69, 9.17) is 21.4 Å². The molecule has 0 radical (unpaired) electrons. The van der Waals surface area contributed by atoms with Crippen LogP contribution < -0.4 is 10.2 Å². The van der Waals surface area contributed by atoms with Crippen LogP contribution in [0.4, 0.5) is 5.69 Å². The molecule has 0 saturated carbocycles. The second-order valence-corrected chi connectivity index (χ2v) is 5.91. The number of hydrogen-bond donors (Lipinski definition) is 1. The Kier molecular flexibility index (Phi) is 4.41. The normalized spacial score (nSPS) is 15.6. The molecule has 1 fully saturated rings. The highest BCUT2D eigenvalue weighted by molar-refractivity contribution is 7.80. The summed E-state index contributed by atoms with van der Waals surface area (Å²) in [6.45, 7) is 3.56. The van der Waals surface area contributed by atoms with E-state index in [1.54, 1.807) is 6.92 Å². The molecule has 1 saturated heterocycles. The van der Waals surface area contributed by atoms with Crippen LogP contribution in [0.5, 0.6) is 0 Å². The van der Waals surface area contributed by atoms with E-state index in [1.165, 1.54) is 24.2 Å². The molecule has 6 nitrogen and oxygen atoms in total. The number of aryl methyl sites for hydroxylation is 2. The molecule has 0 aliphatic carbocycles. The number of hydrogen-bond acceptors (Lipinski definition) is 5. The van der Waals surface area contributed by atoms with Crippen molar-refractivity contribution in [2.45, 2.75) is 13.8 Å². The number of esters is 1. The number of nitrogens with zero attached hydrogens (tertiary/aromatic N) is 1. The van der Waals surface area contributed by atoms with Crippen molar-refractivity contribution in [1.82, 2.24) is 5.32 Å². The van der Waals surface area contributed by atoms with Gasteiger partial charge >= 0.3 is 5.97 Å². The number of carbonyl (C=O) groups is 2. The first-order valence-electron chi connectivity index (χ1n) is 7.54. The van der Waals surface area contributed by atoms with Crippen molar-refractivity contribution in [3.05, 3.63) is 58.7 Å². The summed E-state index contributed by atoms with van der Waals surface area (Å²) in [6.07, 6.45) is 1.52. The molecule has 2 aromatic rings. The van der Waals surface area contributed by atoms with Crippen LogP contribution in [0.3, 0.4) is 0 Å². The van der Waals surface area contributed by atoms with Crippen LogP contribution in [0.1, 0.15) is 27.4 Å². The number of carbonyl (C=O) groups excluding carboxylic acids is 2. The number of nitrogens with one attached hydrogen (secondary N) is 1. The summed E-state index contributed by atoms with van der Waals surface area (Å²) in [5.41, 5.74) is 2.25. The largest absolute Gasteiger partial charge is 0.465 e. The third-order valence-corrected chi connectivity index (χ3v) is 4.15. The second-order valence-electron chi connectivity index (χ2n) is 5.53. The number of anilines is 1. The number of furan rings is 1. The molecule has 2 heterocycles. The molecule has 128 valence electrons. The zero-order valence-electron chi connectivity index (χ0n) is 14.0. The van der Waals surface area contributed by atoms with Gasteiger partial charge in [0.05, 0.1) is 12.8 Å². The molecule has 1 aliphatic heterocycles. The van der Waals surface area contributed by atoms with E-state index in [0.717, 1.165) is 11.3 Å². The Hall–Kier alpha value is -2.93. The van der Waals surface area contributed by atoms with Gasteiger partial charge in [0.1, 0.15) is 22.8 Å². The molecule has 0 atom stereocenters. The molecule has 1 aromatic heterocycles. The molecule has 0 unspecified atom stereocenters. The molecular weight excluding hydrogens is 340 g/mol. The summed E-state index contributed by atoms with van der Waals surface area (Å²) in [5, 5.41) is 3.19. The van der Waals surface area contributed by atoms with Crippen molar-refractivity contribution in [3.8, 4) is 0 Å². The molecule has 25 heavy (non-hydrogen) atoms. The Balaban J connectivity index is 1.94. The van der Waals surface area contributed by atoms with Crippen molar-refractivity contribution in [2.24, 2.45) is 0 Å². The summed E-state index contributed by atoms with van der Waals surface area (Å²) < 4.78 is 10.2. The van der Waals surface area contributed by atoms with Crippen molar-refractivity contribution in [1.29, 1.82) is 0 Å².